The van der Waals surface area contributed by atoms with Crippen molar-refractivity contribution in [3.8, 4) is 0 Å². The summed E-state index contributed by atoms with van der Waals surface area (Å²) < 4.78 is 10.8. The highest BCUT2D eigenvalue weighted by Gasteiger charge is 2.45. The fourth-order valence-corrected chi connectivity index (χ4v) is 4.95. The van der Waals surface area contributed by atoms with E-state index in [1.165, 1.54) is 23.3 Å². The normalized spacial score (nSPS) is 15.1. The zero-order valence-electron chi connectivity index (χ0n) is 19.0. The number of carbonyl (C=O) groups is 2. The Labute approximate surface area is 198 Å². The molecule has 0 N–H and O–H groups in total. The Bertz CT molecular complexity index is 1520. The lowest BCUT2D eigenvalue weighted by molar-refractivity contribution is 0.0600. The molecular weight excluding hydrogens is 454 g/mol. The quantitative estimate of drug-likeness (QED) is 0.404. The van der Waals surface area contributed by atoms with Crippen LogP contribution >= 0.6 is 11.3 Å². The van der Waals surface area contributed by atoms with Gasteiger partial charge in [-0.25, -0.2) is 4.79 Å². The van der Waals surface area contributed by atoms with E-state index in [1.807, 2.05) is 20.8 Å². The Kier molecular flexibility index (Phi) is 5.28. The molecule has 0 radical (unpaired) electrons. The molecule has 0 saturated heterocycles. The van der Waals surface area contributed by atoms with Crippen LogP contribution in [0.2, 0.25) is 0 Å². The maximum Gasteiger partial charge on any atom is 0.337 e. The second-order valence-corrected chi connectivity index (χ2v) is 9.17. The number of nitrogens with zero attached hydrogens (tertiary/aromatic N) is 3. The number of benzene rings is 2. The molecule has 1 unspecified atom stereocenters. The van der Waals surface area contributed by atoms with Crippen LogP contribution in [0.5, 0.6) is 0 Å². The molecule has 2 aromatic carbocycles. The first kappa shape index (κ1) is 22.0. The first-order chi connectivity index (χ1) is 16.3. The van der Waals surface area contributed by atoms with E-state index in [-0.39, 0.29) is 16.8 Å². The molecule has 0 fully saturated rings. The van der Waals surface area contributed by atoms with Gasteiger partial charge in [0.1, 0.15) is 10.6 Å². The first-order valence-corrected chi connectivity index (χ1v) is 11.6. The molecule has 1 amide bonds. The average Bonchev–Trinajstić information content (AvgIpc) is 3.43. The van der Waals surface area contributed by atoms with Gasteiger partial charge >= 0.3 is 5.97 Å². The summed E-state index contributed by atoms with van der Waals surface area (Å²) >= 11 is 1.29. The Morgan fingerprint density at radius 2 is 1.82 bits per heavy atom. The van der Waals surface area contributed by atoms with Gasteiger partial charge in [0.15, 0.2) is 5.43 Å². The molecular formula is C25H21N3O5S. The van der Waals surface area contributed by atoms with Gasteiger partial charge in [0.05, 0.1) is 29.7 Å². The maximum atomic E-state index is 13.7. The number of esters is 1. The topological polar surface area (TPSA) is 103 Å². The molecule has 172 valence electrons. The van der Waals surface area contributed by atoms with Gasteiger partial charge in [-0.2, -0.15) is 0 Å². The van der Waals surface area contributed by atoms with Gasteiger partial charge in [-0.05, 0) is 61.2 Å². The molecule has 0 bridgehead atoms. The van der Waals surface area contributed by atoms with E-state index in [9.17, 15) is 14.4 Å². The van der Waals surface area contributed by atoms with Crippen molar-refractivity contribution in [2.24, 2.45) is 0 Å². The lowest BCUT2D eigenvalue weighted by Crippen LogP contribution is -2.29. The Hall–Kier alpha value is -3.85. The van der Waals surface area contributed by atoms with Gasteiger partial charge in [-0.15, -0.1) is 10.2 Å². The number of aryl methyl sites for hydroxylation is 3. The first-order valence-electron chi connectivity index (χ1n) is 10.8. The molecule has 0 saturated carbocycles. The van der Waals surface area contributed by atoms with Crippen molar-refractivity contribution < 1.29 is 18.7 Å². The van der Waals surface area contributed by atoms with Crippen molar-refractivity contribution in [1.29, 1.82) is 0 Å². The second-order valence-electron chi connectivity index (χ2n) is 8.13. The zero-order chi connectivity index (χ0) is 24.1. The summed E-state index contributed by atoms with van der Waals surface area (Å²) in [4.78, 5) is 40.7. The van der Waals surface area contributed by atoms with Crippen molar-refractivity contribution in [3.05, 3.63) is 85.2 Å². The lowest BCUT2D eigenvalue weighted by Gasteiger charge is -2.22. The molecule has 1 aliphatic heterocycles. The number of fused-ring (bicyclic) bond motifs is 2. The van der Waals surface area contributed by atoms with E-state index in [2.05, 4.69) is 10.2 Å². The highest BCUT2D eigenvalue weighted by Crippen LogP contribution is 2.42. The smallest absolute Gasteiger partial charge is 0.337 e. The predicted molar refractivity (Wildman–Crippen MR) is 128 cm³/mol. The molecule has 9 heteroatoms. The number of carbonyl (C=O) groups excluding carboxylic acids is 2. The molecule has 5 rings (SSSR count). The lowest BCUT2D eigenvalue weighted by atomic mass is 9.97. The van der Waals surface area contributed by atoms with Crippen LogP contribution in [0.15, 0.2) is 45.6 Å². The Morgan fingerprint density at radius 3 is 2.47 bits per heavy atom. The van der Waals surface area contributed by atoms with Gasteiger partial charge in [0.25, 0.3) is 5.91 Å². The number of hydrogen-bond donors (Lipinski definition) is 0. The van der Waals surface area contributed by atoms with E-state index >= 15 is 0 Å². The van der Waals surface area contributed by atoms with E-state index in [0.717, 1.165) is 16.1 Å². The fraction of sp³-hybridized carbons (Fsp3) is 0.240. The molecule has 0 spiro atoms. The molecule has 1 aliphatic rings. The third-order valence-electron chi connectivity index (χ3n) is 6.10. The average molecular weight is 476 g/mol. The maximum absolute atomic E-state index is 13.7. The number of amides is 1. The SMILES string of the molecule is CCc1nnc(N2C(=O)c3oc4cc(C)c(C)cc4c(=O)c3C2c2ccc(C(=O)OC)cc2)s1. The zero-order valence-corrected chi connectivity index (χ0v) is 19.9. The summed E-state index contributed by atoms with van der Waals surface area (Å²) in [7, 11) is 1.31. The highest BCUT2D eigenvalue weighted by atomic mass is 32.1. The number of methoxy groups -OCH3 is 1. The van der Waals surface area contributed by atoms with Crippen molar-refractivity contribution in [3.63, 3.8) is 0 Å². The predicted octanol–water partition coefficient (Wildman–Crippen LogP) is 4.36. The number of hydrogen-bond acceptors (Lipinski definition) is 8. The minimum atomic E-state index is -0.769. The van der Waals surface area contributed by atoms with Crippen LogP contribution in [0, 0.1) is 13.8 Å². The molecule has 4 aromatic rings. The summed E-state index contributed by atoms with van der Waals surface area (Å²) in [5.41, 5.74) is 3.28. The van der Waals surface area contributed by atoms with Crippen LogP contribution in [0.25, 0.3) is 11.0 Å². The van der Waals surface area contributed by atoms with E-state index in [1.54, 1.807) is 36.4 Å². The fourth-order valence-electron chi connectivity index (χ4n) is 4.15. The standard InChI is InChI=1S/C25H21N3O5S/c1-5-18-26-27-25(34-18)28-20(14-6-8-15(9-7-14)24(31)32-4)19-21(29)16-10-12(2)13(3)11-17(16)33-22(19)23(28)30/h6-11,20H,5H2,1-4H3. The molecule has 34 heavy (non-hydrogen) atoms. The number of anilines is 1. The summed E-state index contributed by atoms with van der Waals surface area (Å²) in [5.74, 6) is -0.927. The summed E-state index contributed by atoms with van der Waals surface area (Å²) in [6, 6.07) is 9.43. The van der Waals surface area contributed by atoms with Crippen molar-refractivity contribution in [1.82, 2.24) is 10.2 Å². The van der Waals surface area contributed by atoms with Crippen LogP contribution in [0.1, 0.15) is 61.1 Å². The Balaban J connectivity index is 1.76. The van der Waals surface area contributed by atoms with Gasteiger partial charge in [0.2, 0.25) is 10.9 Å². The summed E-state index contributed by atoms with van der Waals surface area (Å²) in [6.45, 7) is 5.81. The van der Waals surface area contributed by atoms with Crippen molar-refractivity contribution >= 4 is 39.3 Å². The molecule has 3 heterocycles. The minimum absolute atomic E-state index is 0.00366. The molecule has 8 nitrogen and oxygen atoms in total. The third-order valence-corrected chi connectivity index (χ3v) is 7.17. The largest absolute Gasteiger partial charge is 0.465 e. The molecule has 1 atom stereocenters. The monoisotopic (exact) mass is 475 g/mol. The number of rotatable bonds is 4. The van der Waals surface area contributed by atoms with E-state index in [4.69, 9.17) is 9.15 Å². The van der Waals surface area contributed by atoms with Crippen LogP contribution in [-0.2, 0) is 11.2 Å². The van der Waals surface area contributed by atoms with Crippen molar-refractivity contribution in [2.45, 2.75) is 33.2 Å². The summed E-state index contributed by atoms with van der Waals surface area (Å²) in [6.07, 6.45) is 0.671. The van der Waals surface area contributed by atoms with Gasteiger partial charge in [0, 0.05) is 0 Å². The molecule has 2 aromatic heterocycles. The van der Waals surface area contributed by atoms with Gasteiger partial charge in [-0.3, -0.25) is 14.5 Å². The van der Waals surface area contributed by atoms with Crippen molar-refractivity contribution in [2.75, 3.05) is 12.0 Å². The Morgan fingerprint density at radius 1 is 1.12 bits per heavy atom. The highest BCUT2D eigenvalue weighted by molar-refractivity contribution is 7.15. The third kappa shape index (κ3) is 3.31. The minimum Gasteiger partial charge on any atom is -0.465 e. The number of aromatic nitrogens is 2. The van der Waals surface area contributed by atoms with Crippen LogP contribution < -0.4 is 10.3 Å². The van der Waals surface area contributed by atoms with E-state index < -0.39 is 17.9 Å². The van der Waals surface area contributed by atoms with Gasteiger partial charge < -0.3 is 9.15 Å². The van der Waals surface area contributed by atoms with Crippen LogP contribution in [0.4, 0.5) is 5.13 Å². The van der Waals surface area contributed by atoms with Crippen LogP contribution in [0.3, 0.4) is 0 Å². The second kappa shape index (κ2) is 8.18. The number of ether oxygens (including phenoxy) is 1. The molecule has 0 aliphatic carbocycles. The summed E-state index contributed by atoms with van der Waals surface area (Å²) in [5, 5.41) is 9.95. The van der Waals surface area contributed by atoms with Crippen LogP contribution in [-0.4, -0.2) is 29.2 Å². The van der Waals surface area contributed by atoms with E-state index in [0.29, 0.717) is 33.6 Å². The van der Waals surface area contributed by atoms with Gasteiger partial charge in [-0.1, -0.05) is 30.4 Å².